The fourth-order valence-corrected chi connectivity index (χ4v) is 6.23. The van der Waals surface area contributed by atoms with Crippen molar-refractivity contribution in [3.05, 3.63) is 30.0 Å². The van der Waals surface area contributed by atoms with Crippen LogP contribution in [0.5, 0.6) is 0 Å². The molecule has 1 unspecified atom stereocenters. The number of esters is 1. The summed E-state index contributed by atoms with van der Waals surface area (Å²) in [4.78, 5) is 13.8. The average Bonchev–Trinajstić information content (AvgIpc) is 3.32. The molecule has 2 aromatic rings. The fourth-order valence-electron chi connectivity index (χ4n) is 4.41. The Hall–Kier alpha value is -1.91. The molecular formula is C21H23N3O2S2. The highest BCUT2D eigenvalue weighted by Crippen LogP contribution is 2.50. The van der Waals surface area contributed by atoms with Crippen molar-refractivity contribution in [3.63, 3.8) is 0 Å². The summed E-state index contributed by atoms with van der Waals surface area (Å²) in [6.07, 6.45) is 5.11. The zero-order valence-electron chi connectivity index (χ0n) is 15.8. The minimum Gasteiger partial charge on any atom is -0.469 e. The number of nitrogens with one attached hydrogen (secondary N) is 1. The standard InChI is InChI=1S/C21H23N3O2S2/c1-26-18(25)10-13-2-4-14(5-3-13)17-11-27-21-19(23-24-20(17)21)15-6-8-16(9-7-15)28-12-22/h6-9,13-14,17H,2-5,10-11H2,1H3,(H,23,24). The third-order valence-corrected chi connectivity index (χ3v) is 7.79. The predicted molar refractivity (Wildman–Crippen MR) is 111 cm³/mol. The SMILES string of the molecule is COC(=O)CC1CCC(C2CSc3c(-c4ccc(SC#N)cc4)n[nH]c32)CC1. The van der Waals surface area contributed by atoms with E-state index in [2.05, 4.69) is 15.6 Å². The van der Waals surface area contributed by atoms with E-state index in [0.29, 0.717) is 24.2 Å². The Morgan fingerprint density at radius 3 is 2.75 bits per heavy atom. The molecule has 28 heavy (non-hydrogen) atoms. The van der Waals surface area contributed by atoms with E-state index < -0.39 is 0 Å². The van der Waals surface area contributed by atoms with Crippen LogP contribution >= 0.6 is 23.5 Å². The molecular weight excluding hydrogens is 390 g/mol. The van der Waals surface area contributed by atoms with E-state index in [1.807, 2.05) is 36.0 Å². The maximum absolute atomic E-state index is 11.5. The van der Waals surface area contributed by atoms with Crippen LogP contribution in [0.1, 0.15) is 43.7 Å². The first-order valence-corrected chi connectivity index (χ1v) is 11.4. The lowest BCUT2D eigenvalue weighted by atomic mass is 9.74. The van der Waals surface area contributed by atoms with Gasteiger partial charge >= 0.3 is 5.97 Å². The Morgan fingerprint density at radius 2 is 2.07 bits per heavy atom. The number of hydrogen-bond acceptors (Lipinski definition) is 6. The largest absolute Gasteiger partial charge is 0.469 e. The number of rotatable bonds is 5. The molecule has 0 bridgehead atoms. The molecule has 1 aromatic heterocycles. The summed E-state index contributed by atoms with van der Waals surface area (Å²) < 4.78 is 4.82. The number of benzene rings is 1. The maximum Gasteiger partial charge on any atom is 0.305 e. The average molecular weight is 414 g/mol. The van der Waals surface area contributed by atoms with Gasteiger partial charge in [-0.2, -0.15) is 10.4 Å². The number of ether oxygens (including phenoxy) is 1. The van der Waals surface area contributed by atoms with Gasteiger partial charge in [0.15, 0.2) is 0 Å². The van der Waals surface area contributed by atoms with E-state index in [-0.39, 0.29) is 5.97 Å². The van der Waals surface area contributed by atoms with Crippen molar-refractivity contribution in [2.75, 3.05) is 12.9 Å². The quantitative estimate of drug-likeness (QED) is 0.412. The van der Waals surface area contributed by atoms with Crippen LogP contribution in [0.2, 0.25) is 0 Å². The molecule has 7 heteroatoms. The van der Waals surface area contributed by atoms with Crippen LogP contribution in [0.15, 0.2) is 34.1 Å². The van der Waals surface area contributed by atoms with Crippen molar-refractivity contribution >= 4 is 29.5 Å². The second kappa shape index (κ2) is 8.62. The number of nitrogens with zero attached hydrogens (tertiary/aromatic N) is 2. The van der Waals surface area contributed by atoms with Gasteiger partial charge in [-0.1, -0.05) is 12.1 Å². The van der Waals surface area contributed by atoms with Gasteiger partial charge in [0, 0.05) is 28.6 Å². The smallest absolute Gasteiger partial charge is 0.305 e. The number of aromatic amines is 1. The molecule has 0 spiro atoms. The molecule has 0 radical (unpaired) electrons. The monoisotopic (exact) mass is 413 g/mol. The molecule has 2 heterocycles. The number of aromatic nitrogens is 2. The van der Waals surface area contributed by atoms with Gasteiger partial charge < -0.3 is 4.74 Å². The van der Waals surface area contributed by atoms with Crippen LogP contribution in [0, 0.1) is 22.5 Å². The fraction of sp³-hybridized carbons (Fsp3) is 0.476. The van der Waals surface area contributed by atoms with Gasteiger partial charge in [0.1, 0.15) is 11.1 Å². The zero-order chi connectivity index (χ0) is 19.5. The van der Waals surface area contributed by atoms with Crippen LogP contribution in [0.25, 0.3) is 11.3 Å². The Kier molecular flexibility index (Phi) is 5.98. The van der Waals surface area contributed by atoms with Crippen molar-refractivity contribution in [2.45, 2.75) is 47.8 Å². The Bertz CT molecular complexity index is 880. The van der Waals surface area contributed by atoms with Crippen LogP contribution < -0.4 is 0 Å². The number of methoxy groups -OCH3 is 1. The molecule has 1 aliphatic carbocycles. The number of hydrogen-bond donors (Lipinski definition) is 1. The summed E-state index contributed by atoms with van der Waals surface area (Å²) >= 11 is 3.08. The van der Waals surface area contributed by atoms with Crippen molar-refractivity contribution in [3.8, 4) is 16.7 Å². The highest BCUT2D eigenvalue weighted by atomic mass is 32.2. The van der Waals surface area contributed by atoms with Gasteiger partial charge in [-0.15, -0.1) is 11.8 Å². The Balaban J connectivity index is 1.44. The van der Waals surface area contributed by atoms with Crippen LogP contribution in [0.4, 0.5) is 0 Å². The van der Waals surface area contributed by atoms with E-state index in [0.717, 1.165) is 34.7 Å². The number of thiocyanates is 1. The van der Waals surface area contributed by atoms with E-state index in [4.69, 9.17) is 10.00 Å². The summed E-state index contributed by atoms with van der Waals surface area (Å²) in [5, 5.41) is 18.8. The second-order valence-corrected chi connectivity index (χ2v) is 9.40. The van der Waals surface area contributed by atoms with Crippen LogP contribution in [0.3, 0.4) is 0 Å². The maximum atomic E-state index is 11.5. The molecule has 1 saturated carbocycles. The topological polar surface area (TPSA) is 78.8 Å². The summed E-state index contributed by atoms with van der Waals surface area (Å²) in [6.45, 7) is 0. The van der Waals surface area contributed by atoms with E-state index in [1.54, 1.807) is 0 Å². The third-order valence-electron chi connectivity index (χ3n) is 5.96. The van der Waals surface area contributed by atoms with Gasteiger partial charge in [0.2, 0.25) is 0 Å². The van der Waals surface area contributed by atoms with Crippen LogP contribution in [-0.4, -0.2) is 29.0 Å². The Morgan fingerprint density at radius 1 is 1.32 bits per heavy atom. The minimum absolute atomic E-state index is 0.0837. The molecule has 1 atom stereocenters. The molecule has 0 amide bonds. The lowest BCUT2D eigenvalue weighted by Gasteiger charge is -2.31. The molecule has 1 N–H and O–H groups in total. The van der Waals surface area contributed by atoms with Gasteiger partial charge in [-0.3, -0.25) is 9.89 Å². The van der Waals surface area contributed by atoms with E-state index >= 15 is 0 Å². The molecule has 146 valence electrons. The van der Waals surface area contributed by atoms with Crippen molar-refractivity contribution in [2.24, 2.45) is 11.8 Å². The molecule has 2 aliphatic rings. The highest BCUT2D eigenvalue weighted by molar-refractivity contribution is 8.03. The van der Waals surface area contributed by atoms with Gasteiger partial charge in [0.25, 0.3) is 0 Å². The lowest BCUT2D eigenvalue weighted by Crippen LogP contribution is -2.22. The lowest BCUT2D eigenvalue weighted by molar-refractivity contribution is -0.142. The summed E-state index contributed by atoms with van der Waals surface area (Å²) in [7, 11) is 1.47. The van der Waals surface area contributed by atoms with E-state index in [1.165, 1.54) is 42.3 Å². The summed E-state index contributed by atoms with van der Waals surface area (Å²) in [5.74, 6) is 2.67. The third kappa shape index (κ3) is 3.94. The van der Waals surface area contributed by atoms with Gasteiger partial charge in [0.05, 0.1) is 17.7 Å². The highest BCUT2D eigenvalue weighted by Gasteiger charge is 2.36. The normalized spacial score (nSPS) is 23.8. The predicted octanol–water partition coefficient (Wildman–Crippen LogP) is 5.21. The van der Waals surface area contributed by atoms with Crippen molar-refractivity contribution < 1.29 is 9.53 Å². The number of H-pyrrole nitrogens is 1. The molecule has 0 saturated heterocycles. The Labute approximate surface area is 173 Å². The first kappa shape index (κ1) is 19.4. The van der Waals surface area contributed by atoms with E-state index in [9.17, 15) is 4.79 Å². The van der Waals surface area contributed by atoms with Gasteiger partial charge in [-0.25, -0.2) is 0 Å². The molecule has 4 rings (SSSR count). The number of fused-ring (bicyclic) bond motifs is 1. The summed E-state index contributed by atoms with van der Waals surface area (Å²) in [6, 6.07) is 8.04. The van der Waals surface area contributed by atoms with Crippen LogP contribution in [-0.2, 0) is 9.53 Å². The molecule has 1 aliphatic heterocycles. The molecule has 1 fully saturated rings. The second-order valence-electron chi connectivity index (χ2n) is 7.51. The van der Waals surface area contributed by atoms with Crippen molar-refractivity contribution in [1.82, 2.24) is 10.2 Å². The number of carbonyl (C=O) groups excluding carboxylic acids is 1. The zero-order valence-corrected chi connectivity index (χ0v) is 17.4. The number of thioether (sulfide) groups is 2. The first-order chi connectivity index (χ1) is 13.7. The number of nitriles is 1. The first-order valence-electron chi connectivity index (χ1n) is 9.63. The minimum atomic E-state index is -0.0837. The summed E-state index contributed by atoms with van der Waals surface area (Å²) in [5.41, 5.74) is 3.40. The van der Waals surface area contributed by atoms with Gasteiger partial charge in [-0.05, 0) is 61.4 Å². The number of carbonyl (C=O) groups is 1. The van der Waals surface area contributed by atoms with Crippen molar-refractivity contribution in [1.29, 1.82) is 5.26 Å². The molecule has 1 aromatic carbocycles. The molecule has 5 nitrogen and oxygen atoms in total.